The Morgan fingerprint density at radius 1 is 1.23 bits per heavy atom. The normalized spacial score (nSPS) is 10.3. The average Bonchev–Trinajstić information content (AvgIpc) is 2.67. The Morgan fingerprint density at radius 3 is 2.54 bits per heavy atom. The van der Waals surface area contributed by atoms with Crippen molar-refractivity contribution in [2.24, 2.45) is 0 Å². The maximum atomic E-state index is 12.5. The SMILES string of the molecule is CCCCN(C)c1ccc(C(=O)Nc2cc(OC)c(Cl)cc2OC)cn1. The van der Waals surface area contributed by atoms with Gasteiger partial charge in [-0.05, 0) is 18.6 Å². The molecule has 0 fully saturated rings. The van der Waals surface area contributed by atoms with Gasteiger partial charge in [0.25, 0.3) is 5.91 Å². The van der Waals surface area contributed by atoms with Crippen LogP contribution >= 0.6 is 11.6 Å². The number of unbranched alkanes of at least 4 members (excludes halogenated alkanes) is 1. The van der Waals surface area contributed by atoms with Crippen LogP contribution in [0.1, 0.15) is 30.1 Å². The summed E-state index contributed by atoms with van der Waals surface area (Å²) in [5.74, 6) is 1.45. The maximum absolute atomic E-state index is 12.5. The number of carbonyl (C=O) groups excluding carboxylic acids is 1. The molecule has 26 heavy (non-hydrogen) atoms. The first-order chi connectivity index (χ1) is 12.5. The summed E-state index contributed by atoms with van der Waals surface area (Å²) in [6.45, 7) is 3.07. The zero-order chi connectivity index (χ0) is 19.1. The number of rotatable bonds is 8. The minimum absolute atomic E-state index is 0.289. The molecule has 2 rings (SSSR count). The molecule has 1 aromatic heterocycles. The average molecular weight is 378 g/mol. The number of hydrogen-bond donors (Lipinski definition) is 1. The third-order valence-corrected chi connectivity index (χ3v) is 4.27. The topological polar surface area (TPSA) is 63.7 Å². The summed E-state index contributed by atoms with van der Waals surface area (Å²) in [5.41, 5.74) is 0.927. The number of pyridine rings is 1. The molecule has 0 unspecified atom stereocenters. The Labute approximate surface area is 159 Å². The number of methoxy groups -OCH3 is 2. The van der Waals surface area contributed by atoms with Crippen LogP contribution in [0.2, 0.25) is 5.02 Å². The van der Waals surface area contributed by atoms with Crippen LogP contribution in [-0.4, -0.2) is 38.7 Å². The molecule has 0 radical (unpaired) electrons. The van der Waals surface area contributed by atoms with E-state index in [4.69, 9.17) is 21.1 Å². The van der Waals surface area contributed by atoms with Gasteiger partial charge in [0.15, 0.2) is 0 Å². The first kappa shape index (κ1) is 19.8. The van der Waals surface area contributed by atoms with E-state index in [1.807, 2.05) is 13.1 Å². The van der Waals surface area contributed by atoms with Crippen LogP contribution in [-0.2, 0) is 0 Å². The van der Waals surface area contributed by atoms with Crippen LogP contribution in [0.5, 0.6) is 11.5 Å². The lowest BCUT2D eigenvalue weighted by molar-refractivity contribution is 0.102. The number of anilines is 2. The summed E-state index contributed by atoms with van der Waals surface area (Å²) >= 11 is 6.08. The van der Waals surface area contributed by atoms with Gasteiger partial charge in [0.2, 0.25) is 0 Å². The molecule has 7 heteroatoms. The predicted octanol–water partition coefficient (Wildman–Crippen LogP) is 4.24. The lowest BCUT2D eigenvalue weighted by atomic mass is 10.2. The predicted molar refractivity (Wildman–Crippen MR) is 105 cm³/mol. The Hall–Kier alpha value is -2.47. The number of benzene rings is 1. The van der Waals surface area contributed by atoms with Crippen molar-refractivity contribution in [2.45, 2.75) is 19.8 Å². The van der Waals surface area contributed by atoms with Crippen LogP contribution in [0.15, 0.2) is 30.5 Å². The van der Waals surface area contributed by atoms with E-state index in [0.29, 0.717) is 27.8 Å². The molecule has 0 aliphatic heterocycles. The van der Waals surface area contributed by atoms with Gasteiger partial charge in [-0.25, -0.2) is 4.98 Å². The highest BCUT2D eigenvalue weighted by molar-refractivity contribution is 6.32. The van der Waals surface area contributed by atoms with Gasteiger partial charge in [-0.2, -0.15) is 0 Å². The molecule has 140 valence electrons. The molecule has 0 spiro atoms. The largest absolute Gasteiger partial charge is 0.495 e. The van der Waals surface area contributed by atoms with Crippen molar-refractivity contribution in [3.8, 4) is 11.5 Å². The molecule has 1 aromatic carbocycles. The van der Waals surface area contributed by atoms with E-state index in [2.05, 4.69) is 22.1 Å². The number of aromatic nitrogens is 1. The second kappa shape index (κ2) is 9.29. The van der Waals surface area contributed by atoms with Gasteiger partial charge in [0.1, 0.15) is 17.3 Å². The van der Waals surface area contributed by atoms with Gasteiger partial charge in [0.05, 0.1) is 30.5 Å². The highest BCUT2D eigenvalue weighted by atomic mass is 35.5. The van der Waals surface area contributed by atoms with Gasteiger partial charge >= 0.3 is 0 Å². The monoisotopic (exact) mass is 377 g/mol. The quantitative estimate of drug-likeness (QED) is 0.745. The minimum Gasteiger partial charge on any atom is -0.495 e. The Morgan fingerprint density at radius 2 is 1.96 bits per heavy atom. The summed E-state index contributed by atoms with van der Waals surface area (Å²) in [6, 6.07) is 6.81. The second-order valence-corrected chi connectivity index (χ2v) is 6.23. The van der Waals surface area contributed by atoms with Crippen LogP contribution in [0, 0.1) is 0 Å². The van der Waals surface area contributed by atoms with Crippen molar-refractivity contribution in [1.82, 2.24) is 4.98 Å². The first-order valence-corrected chi connectivity index (χ1v) is 8.78. The number of nitrogens with one attached hydrogen (secondary N) is 1. The van der Waals surface area contributed by atoms with E-state index in [-0.39, 0.29) is 5.91 Å². The highest BCUT2D eigenvalue weighted by Crippen LogP contribution is 2.36. The van der Waals surface area contributed by atoms with Crippen molar-refractivity contribution in [2.75, 3.05) is 38.0 Å². The fraction of sp³-hybridized carbons (Fsp3) is 0.368. The standard InChI is InChI=1S/C19H24ClN3O3/c1-5-6-9-23(2)18-8-7-13(12-21-18)19(24)22-15-11-16(25-3)14(20)10-17(15)26-4/h7-8,10-12H,5-6,9H2,1-4H3,(H,22,24). The van der Waals surface area contributed by atoms with Gasteiger partial charge in [-0.1, -0.05) is 24.9 Å². The molecule has 0 atom stereocenters. The third kappa shape index (κ3) is 4.79. The van der Waals surface area contributed by atoms with Gasteiger partial charge in [-0.15, -0.1) is 0 Å². The zero-order valence-electron chi connectivity index (χ0n) is 15.5. The molecule has 0 saturated carbocycles. The minimum atomic E-state index is -0.289. The number of nitrogens with zero attached hydrogens (tertiary/aromatic N) is 2. The van der Waals surface area contributed by atoms with Crippen molar-refractivity contribution in [3.05, 3.63) is 41.0 Å². The highest BCUT2D eigenvalue weighted by Gasteiger charge is 2.14. The molecule has 0 saturated heterocycles. The zero-order valence-corrected chi connectivity index (χ0v) is 16.3. The summed E-state index contributed by atoms with van der Waals surface area (Å²) in [6.07, 6.45) is 3.78. The Balaban J connectivity index is 2.15. The smallest absolute Gasteiger partial charge is 0.257 e. The fourth-order valence-corrected chi connectivity index (χ4v) is 2.64. The molecule has 1 amide bonds. The summed E-state index contributed by atoms with van der Waals surface area (Å²) < 4.78 is 10.5. The van der Waals surface area contributed by atoms with Crippen LogP contribution in [0.4, 0.5) is 11.5 Å². The lowest BCUT2D eigenvalue weighted by Crippen LogP contribution is -2.20. The third-order valence-electron chi connectivity index (χ3n) is 3.97. The number of ether oxygens (including phenoxy) is 2. The number of amides is 1. The van der Waals surface area contributed by atoms with E-state index >= 15 is 0 Å². The van der Waals surface area contributed by atoms with Gasteiger partial charge in [-0.3, -0.25) is 4.79 Å². The van der Waals surface area contributed by atoms with Crippen molar-refractivity contribution < 1.29 is 14.3 Å². The first-order valence-electron chi connectivity index (χ1n) is 8.40. The Bertz CT molecular complexity index is 750. The molecule has 2 aromatic rings. The van der Waals surface area contributed by atoms with Gasteiger partial charge in [0, 0.05) is 31.9 Å². The molecular formula is C19H24ClN3O3. The molecule has 6 nitrogen and oxygen atoms in total. The van der Waals surface area contributed by atoms with Crippen molar-refractivity contribution >= 4 is 29.0 Å². The van der Waals surface area contributed by atoms with E-state index in [0.717, 1.165) is 25.2 Å². The van der Waals surface area contributed by atoms with Crippen molar-refractivity contribution in [1.29, 1.82) is 0 Å². The van der Waals surface area contributed by atoms with E-state index in [1.165, 1.54) is 14.2 Å². The maximum Gasteiger partial charge on any atom is 0.257 e. The van der Waals surface area contributed by atoms with Gasteiger partial charge < -0.3 is 19.7 Å². The molecule has 1 heterocycles. The van der Waals surface area contributed by atoms with Crippen LogP contribution in [0.3, 0.4) is 0 Å². The molecule has 0 bridgehead atoms. The lowest BCUT2D eigenvalue weighted by Gasteiger charge is -2.18. The fourth-order valence-electron chi connectivity index (χ4n) is 2.41. The number of halogens is 1. The summed E-state index contributed by atoms with van der Waals surface area (Å²) in [4.78, 5) is 19.0. The molecule has 1 N–H and O–H groups in total. The Kier molecular flexibility index (Phi) is 7.09. The number of carbonyl (C=O) groups is 1. The van der Waals surface area contributed by atoms with Crippen LogP contribution < -0.4 is 19.7 Å². The van der Waals surface area contributed by atoms with Crippen molar-refractivity contribution in [3.63, 3.8) is 0 Å². The molecule has 0 aliphatic carbocycles. The van der Waals surface area contributed by atoms with E-state index < -0.39 is 0 Å². The summed E-state index contributed by atoms with van der Waals surface area (Å²) in [7, 11) is 5.01. The molecular weight excluding hydrogens is 354 g/mol. The van der Waals surface area contributed by atoms with E-state index in [9.17, 15) is 4.79 Å². The van der Waals surface area contributed by atoms with Crippen LogP contribution in [0.25, 0.3) is 0 Å². The summed E-state index contributed by atoms with van der Waals surface area (Å²) in [5, 5.41) is 3.21. The second-order valence-electron chi connectivity index (χ2n) is 5.82. The molecule has 0 aliphatic rings. The number of hydrogen-bond acceptors (Lipinski definition) is 5. The van der Waals surface area contributed by atoms with E-state index in [1.54, 1.807) is 24.4 Å².